The fourth-order valence-corrected chi connectivity index (χ4v) is 7.75. The van der Waals surface area contributed by atoms with Crippen LogP contribution >= 0.6 is 11.3 Å². The molecule has 0 spiro atoms. The summed E-state index contributed by atoms with van der Waals surface area (Å²) in [7, 11) is 0. The van der Waals surface area contributed by atoms with Gasteiger partial charge in [-0.15, -0.1) is 11.3 Å². The minimum absolute atomic E-state index is 0.628. The Kier molecular flexibility index (Phi) is 6.57. The van der Waals surface area contributed by atoms with E-state index in [2.05, 4.69) is 54.6 Å². The smallest absolute Gasteiger partial charge is 0.180 e. The molecule has 10 rings (SSSR count). The van der Waals surface area contributed by atoms with E-state index in [1.54, 1.807) is 11.3 Å². The van der Waals surface area contributed by atoms with Crippen LogP contribution in [0.15, 0.2) is 156 Å². The molecule has 0 atom stereocenters. The van der Waals surface area contributed by atoms with E-state index in [1.807, 2.05) is 97.1 Å². The van der Waals surface area contributed by atoms with Crippen molar-refractivity contribution in [2.45, 2.75) is 0 Å². The zero-order valence-corrected chi connectivity index (χ0v) is 27.3. The Morgan fingerprint density at radius 3 is 1.72 bits per heavy atom. The van der Waals surface area contributed by atoms with Gasteiger partial charge in [0.05, 0.1) is 0 Å². The minimum atomic E-state index is 0.628. The third-order valence-corrected chi connectivity index (χ3v) is 10.2. The molecule has 4 heterocycles. The lowest BCUT2D eigenvalue weighted by Gasteiger charge is -2.08. The van der Waals surface area contributed by atoms with Crippen LogP contribution in [0.4, 0.5) is 0 Å². The Morgan fingerprint density at radius 1 is 0.420 bits per heavy atom. The fourth-order valence-electron chi connectivity index (χ4n) is 6.55. The zero-order chi connectivity index (χ0) is 33.0. The van der Waals surface area contributed by atoms with E-state index in [9.17, 15) is 0 Å². The Balaban J connectivity index is 1.16. The summed E-state index contributed by atoms with van der Waals surface area (Å²) >= 11 is 1.74. The molecule has 0 bridgehead atoms. The summed E-state index contributed by atoms with van der Waals surface area (Å²) in [6.07, 6.45) is 0. The van der Waals surface area contributed by atoms with Gasteiger partial charge in [0, 0.05) is 53.4 Å². The van der Waals surface area contributed by atoms with Crippen molar-refractivity contribution in [2.24, 2.45) is 0 Å². The Labute approximate surface area is 290 Å². The van der Waals surface area contributed by atoms with E-state index in [0.717, 1.165) is 70.2 Å². The van der Waals surface area contributed by atoms with Crippen LogP contribution in [-0.2, 0) is 0 Å². The molecule has 4 aromatic heterocycles. The molecule has 6 nitrogen and oxygen atoms in total. The molecule has 10 aromatic rings. The molecule has 0 saturated carbocycles. The second kappa shape index (κ2) is 11.5. The summed E-state index contributed by atoms with van der Waals surface area (Å²) in [6.45, 7) is 0. The summed E-state index contributed by atoms with van der Waals surface area (Å²) in [4.78, 5) is 25.2. The maximum atomic E-state index is 6.35. The van der Waals surface area contributed by atoms with Gasteiger partial charge in [0.15, 0.2) is 28.9 Å². The van der Waals surface area contributed by atoms with E-state index in [0.29, 0.717) is 28.9 Å². The first-order valence-electron chi connectivity index (χ1n) is 16.3. The highest BCUT2D eigenvalue weighted by atomic mass is 32.1. The van der Waals surface area contributed by atoms with Crippen LogP contribution in [0.3, 0.4) is 0 Å². The number of para-hydroxylation sites is 1. The fraction of sp³-hybridized carbons (Fsp3) is 0. The second-order valence-electron chi connectivity index (χ2n) is 12.1. The van der Waals surface area contributed by atoms with Gasteiger partial charge in [0.1, 0.15) is 16.8 Å². The van der Waals surface area contributed by atoms with Gasteiger partial charge in [-0.05, 0) is 36.4 Å². The van der Waals surface area contributed by atoms with Crippen molar-refractivity contribution in [1.82, 2.24) is 24.9 Å². The lowest BCUT2D eigenvalue weighted by atomic mass is 10.1. The van der Waals surface area contributed by atoms with Gasteiger partial charge in [-0.2, -0.15) is 0 Å². The van der Waals surface area contributed by atoms with Crippen molar-refractivity contribution in [3.8, 4) is 56.8 Å². The van der Waals surface area contributed by atoms with Crippen LogP contribution in [0.2, 0.25) is 0 Å². The van der Waals surface area contributed by atoms with Crippen LogP contribution in [0.25, 0.3) is 99.1 Å². The van der Waals surface area contributed by atoms with E-state index >= 15 is 0 Å². The largest absolute Gasteiger partial charge is 0.452 e. The van der Waals surface area contributed by atoms with Crippen LogP contribution < -0.4 is 0 Å². The predicted octanol–water partition coefficient (Wildman–Crippen LogP) is 11.3. The summed E-state index contributed by atoms with van der Waals surface area (Å²) in [5.74, 6) is 2.57. The molecule has 0 aliphatic heterocycles. The summed E-state index contributed by atoms with van der Waals surface area (Å²) in [6, 6.07) is 51.2. The highest BCUT2D eigenvalue weighted by Gasteiger charge is 2.21. The van der Waals surface area contributed by atoms with Crippen molar-refractivity contribution in [2.75, 3.05) is 0 Å². The third kappa shape index (κ3) is 4.75. The molecular formula is C43H25N5OS. The van der Waals surface area contributed by atoms with Crippen molar-refractivity contribution in [1.29, 1.82) is 0 Å². The first-order chi connectivity index (χ1) is 24.8. The summed E-state index contributed by atoms with van der Waals surface area (Å²) in [5, 5.41) is 3.23. The van der Waals surface area contributed by atoms with Gasteiger partial charge in [0.25, 0.3) is 0 Å². The standard InChI is InChI=1S/C43H25N5OS/c1-4-13-26(14-5-1)36-38-37(31-19-10-11-22-34(31)49-38)45-43(44-36)32-21-12-20-30-33-25-29(23-24-35(33)50-39(30)32)42-47-40(27-15-6-2-7-16-27)46-41(48-42)28-17-8-3-9-18-28/h1-25H. The van der Waals surface area contributed by atoms with Crippen LogP contribution in [-0.4, -0.2) is 24.9 Å². The molecule has 0 N–H and O–H groups in total. The van der Waals surface area contributed by atoms with Gasteiger partial charge in [-0.3, -0.25) is 0 Å². The Bertz CT molecular complexity index is 2810. The molecular weight excluding hydrogens is 635 g/mol. The molecule has 50 heavy (non-hydrogen) atoms. The van der Waals surface area contributed by atoms with Gasteiger partial charge in [-0.1, -0.05) is 115 Å². The highest BCUT2D eigenvalue weighted by molar-refractivity contribution is 7.26. The number of thiophene rings is 1. The quantitative estimate of drug-likeness (QED) is 0.183. The zero-order valence-electron chi connectivity index (χ0n) is 26.5. The third-order valence-electron chi connectivity index (χ3n) is 8.96. The van der Waals surface area contributed by atoms with E-state index in [-0.39, 0.29) is 0 Å². The number of benzene rings is 6. The molecule has 0 fully saturated rings. The maximum Gasteiger partial charge on any atom is 0.180 e. The minimum Gasteiger partial charge on any atom is -0.452 e. The number of nitrogens with zero attached hydrogens (tertiary/aromatic N) is 5. The molecule has 0 unspecified atom stereocenters. The predicted molar refractivity (Wildman–Crippen MR) is 203 cm³/mol. The van der Waals surface area contributed by atoms with Crippen molar-refractivity contribution >= 4 is 53.6 Å². The number of hydrogen-bond acceptors (Lipinski definition) is 7. The summed E-state index contributed by atoms with van der Waals surface area (Å²) in [5.41, 5.74) is 7.84. The molecule has 0 radical (unpaired) electrons. The van der Waals surface area contributed by atoms with E-state index in [1.165, 1.54) is 0 Å². The normalized spacial score (nSPS) is 11.6. The van der Waals surface area contributed by atoms with Crippen LogP contribution in [0.1, 0.15) is 0 Å². The van der Waals surface area contributed by atoms with Gasteiger partial charge in [-0.25, -0.2) is 24.9 Å². The Hall–Kier alpha value is -6.57. The van der Waals surface area contributed by atoms with Crippen LogP contribution in [0.5, 0.6) is 0 Å². The lowest BCUT2D eigenvalue weighted by Crippen LogP contribution is -2.00. The first-order valence-corrected chi connectivity index (χ1v) is 17.2. The number of rotatable bonds is 5. The van der Waals surface area contributed by atoms with E-state index in [4.69, 9.17) is 29.3 Å². The number of furan rings is 1. The van der Waals surface area contributed by atoms with Gasteiger partial charge < -0.3 is 4.42 Å². The molecule has 0 aliphatic rings. The van der Waals surface area contributed by atoms with Gasteiger partial charge in [0.2, 0.25) is 0 Å². The van der Waals surface area contributed by atoms with Crippen LogP contribution in [0, 0.1) is 0 Å². The van der Waals surface area contributed by atoms with Crippen molar-refractivity contribution < 1.29 is 4.42 Å². The SMILES string of the molecule is c1ccc(-c2nc(-c3ccccc3)nc(-c3ccc4sc5c(-c6nc(-c7ccccc7)c7oc8ccccc8c7n6)cccc5c4c3)n2)cc1. The van der Waals surface area contributed by atoms with E-state index < -0.39 is 0 Å². The second-order valence-corrected chi connectivity index (χ2v) is 13.1. The molecule has 6 aromatic carbocycles. The summed E-state index contributed by atoms with van der Waals surface area (Å²) < 4.78 is 8.64. The molecule has 0 saturated heterocycles. The number of fused-ring (bicyclic) bond motifs is 6. The molecule has 7 heteroatoms. The topological polar surface area (TPSA) is 77.6 Å². The Morgan fingerprint density at radius 2 is 1.02 bits per heavy atom. The van der Waals surface area contributed by atoms with Gasteiger partial charge >= 0.3 is 0 Å². The highest BCUT2D eigenvalue weighted by Crippen LogP contribution is 2.42. The monoisotopic (exact) mass is 659 g/mol. The molecule has 0 aliphatic carbocycles. The molecule has 0 amide bonds. The van der Waals surface area contributed by atoms with Crippen molar-refractivity contribution in [3.05, 3.63) is 152 Å². The lowest BCUT2D eigenvalue weighted by molar-refractivity contribution is 0.667. The number of aromatic nitrogens is 5. The average Bonchev–Trinajstić information content (AvgIpc) is 3.76. The maximum absolute atomic E-state index is 6.35. The molecule has 234 valence electrons. The average molecular weight is 660 g/mol. The van der Waals surface area contributed by atoms with Crippen molar-refractivity contribution in [3.63, 3.8) is 0 Å². The number of hydrogen-bond donors (Lipinski definition) is 0. The first kappa shape index (κ1) is 28.4.